The molecule has 4 heterocycles. The maximum Gasteiger partial charge on any atom is 0.410 e. The molecule has 3 aliphatic rings. The zero-order valence-corrected chi connectivity index (χ0v) is 13.0. The molecule has 3 aliphatic heterocycles. The minimum absolute atomic E-state index is 0.192. The summed E-state index contributed by atoms with van der Waals surface area (Å²) in [6.45, 7) is 9.21. The molecule has 2 bridgehead atoms. The van der Waals surface area contributed by atoms with E-state index in [-0.39, 0.29) is 18.2 Å². The van der Waals surface area contributed by atoms with Gasteiger partial charge >= 0.3 is 6.09 Å². The average molecular weight is 290 g/mol. The molecule has 0 aromatic carbocycles. The summed E-state index contributed by atoms with van der Waals surface area (Å²) in [7, 11) is 0. The highest BCUT2D eigenvalue weighted by molar-refractivity contribution is 5.71. The number of nitrogens with zero attached hydrogens (tertiary/aromatic N) is 4. The number of carbonyl (C=O) groups excluding carboxylic acids is 1. The number of carbonyl (C=O) groups is 1. The first-order chi connectivity index (χ1) is 9.83. The van der Waals surface area contributed by atoms with Gasteiger partial charge in [0.15, 0.2) is 0 Å². The summed E-state index contributed by atoms with van der Waals surface area (Å²) in [6, 6.07) is 2.39. The lowest BCUT2D eigenvalue weighted by Crippen LogP contribution is -2.70. The van der Waals surface area contributed by atoms with Gasteiger partial charge in [-0.05, 0) is 40.2 Å². The topological polar surface area (TPSA) is 58.6 Å². The molecule has 6 nitrogen and oxygen atoms in total. The third-order valence-electron chi connectivity index (χ3n) is 3.88. The maximum atomic E-state index is 12.2. The Kier molecular flexibility index (Phi) is 3.26. The van der Waals surface area contributed by atoms with Gasteiger partial charge in [-0.3, -0.25) is 4.90 Å². The molecular weight excluding hydrogens is 268 g/mol. The van der Waals surface area contributed by atoms with E-state index in [9.17, 15) is 4.79 Å². The van der Waals surface area contributed by atoms with E-state index < -0.39 is 5.60 Å². The number of ether oxygens (including phenoxy) is 1. The first kappa shape index (κ1) is 14.1. The lowest BCUT2D eigenvalue weighted by atomic mass is 9.88. The number of piperidine rings is 1. The van der Waals surface area contributed by atoms with Gasteiger partial charge in [-0.1, -0.05) is 0 Å². The van der Waals surface area contributed by atoms with Gasteiger partial charge in [0.05, 0.1) is 12.1 Å². The van der Waals surface area contributed by atoms with Crippen molar-refractivity contribution in [2.45, 2.75) is 51.8 Å². The van der Waals surface area contributed by atoms with Crippen LogP contribution in [0.3, 0.4) is 0 Å². The van der Waals surface area contributed by atoms with Crippen LogP contribution in [0.25, 0.3) is 0 Å². The molecule has 3 fully saturated rings. The van der Waals surface area contributed by atoms with Gasteiger partial charge in [0, 0.05) is 19.3 Å². The van der Waals surface area contributed by atoms with Crippen LogP contribution in [-0.2, 0) is 4.74 Å². The normalized spacial score (nSPS) is 24.6. The third-order valence-corrected chi connectivity index (χ3v) is 3.88. The Morgan fingerprint density at radius 1 is 1.33 bits per heavy atom. The van der Waals surface area contributed by atoms with Crippen molar-refractivity contribution in [3.8, 4) is 0 Å². The largest absolute Gasteiger partial charge is 0.444 e. The summed E-state index contributed by atoms with van der Waals surface area (Å²) in [5.74, 6) is 1.72. The zero-order chi connectivity index (χ0) is 15.2. The summed E-state index contributed by atoms with van der Waals surface area (Å²) >= 11 is 0. The summed E-state index contributed by atoms with van der Waals surface area (Å²) in [4.78, 5) is 24.9. The number of fused-ring (bicyclic) bond motifs is 2. The number of hydrogen-bond donors (Lipinski definition) is 0. The first-order valence-electron chi connectivity index (χ1n) is 7.39. The second-order valence-corrected chi connectivity index (χ2v) is 6.80. The van der Waals surface area contributed by atoms with Crippen LogP contribution >= 0.6 is 0 Å². The fraction of sp³-hybridized carbons (Fsp3) is 0.667. The van der Waals surface area contributed by atoms with Gasteiger partial charge in [-0.15, -0.1) is 0 Å². The maximum absolute atomic E-state index is 12.2. The lowest BCUT2D eigenvalue weighted by molar-refractivity contribution is -0.0380. The fourth-order valence-corrected chi connectivity index (χ4v) is 3.03. The molecule has 114 valence electrons. The van der Waals surface area contributed by atoms with Crippen LogP contribution in [0.1, 0.15) is 33.0 Å². The highest BCUT2D eigenvalue weighted by Crippen LogP contribution is 2.35. The second kappa shape index (κ2) is 4.86. The van der Waals surface area contributed by atoms with Gasteiger partial charge in [-0.2, -0.15) is 0 Å². The first-order valence-corrected chi connectivity index (χ1v) is 7.39. The molecule has 2 atom stereocenters. The fourth-order valence-electron chi connectivity index (χ4n) is 3.03. The summed E-state index contributed by atoms with van der Waals surface area (Å²) in [6.07, 6.45) is 2.64. The molecule has 1 aromatic heterocycles. The van der Waals surface area contributed by atoms with E-state index in [1.54, 1.807) is 6.20 Å². The Bertz CT molecular complexity index is 543. The van der Waals surface area contributed by atoms with E-state index in [1.165, 1.54) is 0 Å². The molecule has 3 saturated heterocycles. The molecule has 1 aromatic rings. The highest BCUT2D eigenvalue weighted by Gasteiger charge is 2.49. The van der Waals surface area contributed by atoms with Gasteiger partial charge in [0.1, 0.15) is 17.2 Å². The monoisotopic (exact) mass is 290 g/mol. The number of hydrogen-bond acceptors (Lipinski definition) is 5. The molecule has 0 radical (unpaired) electrons. The molecule has 6 heteroatoms. The minimum atomic E-state index is -0.440. The van der Waals surface area contributed by atoms with Crippen molar-refractivity contribution in [1.29, 1.82) is 0 Å². The Morgan fingerprint density at radius 2 is 2.00 bits per heavy atom. The van der Waals surface area contributed by atoms with Gasteiger partial charge in [0.2, 0.25) is 0 Å². The van der Waals surface area contributed by atoms with Crippen LogP contribution in [0.5, 0.6) is 0 Å². The van der Waals surface area contributed by atoms with E-state index in [0.29, 0.717) is 0 Å². The smallest absolute Gasteiger partial charge is 0.410 e. The van der Waals surface area contributed by atoms with Gasteiger partial charge in [0.25, 0.3) is 0 Å². The van der Waals surface area contributed by atoms with Crippen LogP contribution in [-0.4, -0.2) is 51.7 Å². The summed E-state index contributed by atoms with van der Waals surface area (Å²) in [5.41, 5.74) is -0.440. The number of aryl methyl sites for hydroxylation is 1. The number of aromatic nitrogens is 2. The quantitative estimate of drug-likeness (QED) is 0.791. The third kappa shape index (κ3) is 2.80. The van der Waals surface area contributed by atoms with Gasteiger partial charge < -0.3 is 9.64 Å². The van der Waals surface area contributed by atoms with Crippen LogP contribution in [0.2, 0.25) is 0 Å². The van der Waals surface area contributed by atoms with Crippen molar-refractivity contribution >= 4 is 11.9 Å². The second-order valence-electron chi connectivity index (χ2n) is 6.80. The number of anilines is 1. The predicted molar refractivity (Wildman–Crippen MR) is 79.2 cm³/mol. The Labute approximate surface area is 125 Å². The molecule has 0 saturated carbocycles. The van der Waals surface area contributed by atoms with E-state index in [0.717, 1.165) is 31.2 Å². The number of rotatable bonds is 1. The predicted octanol–water partition coefficient (Wildman–Crippen LogP) is 1.98. The van der Waals surface area contributed by atoms with E-state index in [4.69, 9.17) is 4.74 Å². The Balaban J connectivity index is 1.66. The Hall–Kier alpha value is -1.85. The van der Waals surface area contributed by atoms with Gasteiger partial charge in [-0.25, -0.2) is 14.8 Å². The van der Waals surface area contributed by atoms with Crippen molar-refractivity contribution in [2.75, 3.05) is 18.0 Å². The minimum Gasteiger partial charge on any atom is -0.444 e. The highest BCUT2D eigenvalue weighted by atomic mass is 16.6. The van der Waals surface area contributed by atoms with Crippen molar-refractivity contribution in [1.82, 2.24) is 14.9 Å². The molecule has 2 unspecified atom stereocenters. The van der Waals surface area contributed by atoms with E-state index in [2.05, 4.69) is 14.9 Å². The molecule has 0 spiro atoms. The lowest BCUT2D eigenvalue weighted by Gasteiger charge is -2.56. The molecule has 0 N–H and O–H groups in total. The molecule has 21 heavy (non-hydrogen) atoms. The Morgan fingerprint density at radius 3 is 2.57 bits per heavy atom. The standard InChI is InChI=1S/C15H22N4O2/c1-10-16-6-5-13(17-10)18-8-11-7-12(9-18)19(11)14(20)21-15(2,3)4/h5-6,11-12H,7-9H2,1-4H3. The average Bonchev–Trinajstić information content (AvgIpc) is 2.36. The molecule has 1 amide bonds. The molecule has 0 aliphatic carbocycles. The zero-order valence-electron chi connectivity index (χ0n) is 13.0. The van der Waals surface area contributed by atoms with Crippen LogP contribution in [0, 0.1) is 6.92 Å². The van der Waals surface area contributed by atoms with E-state index >= 15 is 0 Å². The summed E-state index contributed by atoms with van der Waals surface area (Å²) in [5, 5.41) is 0. The van der Waals surface area contributed by atoms with Crippen LogP contribution < -0.4 is 4.90 Å². The van der Waals surface area contributed by atoms with Crippen LogP contribution in [0.15, 0.2) is 12.3 Å². The summed E-state index contributed by atoms with van der Waals surface area (Å²) < 4.78 is 5.48. The molecule has 4 rings (SSSR count). The number of amides is 1. The van der Waals surface area contributed by atoms with Crippen molar-refractivity contribution < 1.29 is 9.53 Å². The van der Waals surface area contributed by atoms with Crippen LogP contribution in [0.4, 0.5) is 10.6 Å². The molecular formula is C15H22N4O2. The van der Waals surface area contributed by atoms with Crippen molar-refractivity contribution in [3.63, 3.8) is 0 Å². The number of piperazine rings is 1. The van der Waals surface area contributed by atoms with Crippen molar-refractivity contribution in [3.05, 3.63) is 18.1 Å². The van der Waals surface area contributed by atoms with E-state index in [1.807, 2.05) is 38.7 Å². The SMILES string of the molecule is Cc1nccc(N2CC3CC(C2)N3C(=O)OC(C)(C)C)n1. The van der Waals surface area contributed by atoms with Crippen molar-refractivity contribution in [2.24, 2.45) is 0 Å².